The number of thiophene rings is 1. The molecule has 0 saturated carbocycles. The van der Waals surface area contributed by atoms with Gasteiger partial charge >= 0.3 is 0 Å². The molecule has 19 heavy (non-hydrogen) atoms. The zero-order valence-corrected chi connectivity index (χ0v) is 13.7. The quantitative estimate of drug-likeness (QED) is 0.551. The van der Waals surface area contributed by atoms with Crippen molar-refractivity contribution in [3.05, 3.63) is 62.0 Å². The van der Waals surface area contributed by atoms with Gasteiger partial charge in [-0.25, -0.2) is 0 Å². The molecule has 4 heteroatoms. The number of hydrogen-bond acceptors (Lipinski definition) is 2. The molecular weight excluding hydrogens is 389 g/mol. The van der Waals surface area contributed by atoms with Gasteiger partial charge < -0.3 is 5.32 Å². The first-order chi connectivity index (χ1) is 9.24. The van der Waals surface area contributed by atoms with Gasteiger partial charge in [-0.3, -0.25) is 0 Å². The van der Waals surface area contributed by atoms with Gasteiger partial charge in [-0.2, -0.15) is 0 Å². The first-order valence-corrected chi connectivity index (χ1v) is 8.22. The van der Waals surface area contributed by atoms with Gasteiger partial charge in [0, 0.05) is 14.8 Å². The summed E-state index contributed by atoms with van der Waals surface area (Å²) >= 11 is 10.3. The van der Waals surface area contributed by atoms with Crippen LogP contribution in [0.4, 0.5) is 5.69 Å². The number of hydrogen-bond donors (Lipinski definition) is 1. The van der Waals surface area contributed by atoms with Crippen LogP contribution in [0.5, 0.6) is 0 Å². The van der Waals surface area contributed by atoms with Gasteiger partial charge in [0.05, 0.1) is 10.7 Å². The topological polar surface area (TPSA) is 12.0 Å². The summed E-state index contributed by atoms with van der Waals surface area (Å²) in [5, 5.41) is 7.70. The predicted molar refractivity (Wildman–Crippen MR) is 93.3 cm³/mol. The van der Waals surface area contributed by atoms with Crippen LogP contribution < -0.4 is 5.32 Å². The van der Waals surface area contributed by atoms with Crippen LogP contribution in [0.25, 0.3) is 10.1 Å². The van der Waals surface area contributed by atoms with Crippen molar-refractivity contribution in [1.82, 2.24) is 0 Å². The maximum Gasteiger partial charge on any atom is 0.0648 e. The van der Waals surface area contributed by atoms with Crippen molar-refractivity contribution in [3.8, 4) is 0 Å². The minimum atomic E-state index is 0.770. The van der Waals surface area contributed by atoms with Crippen molar-refractivity contribution in [3.63, 3.8) is 0 Å². The summed E-state index contributed by atoms with van der Waals surface area (Å²) in [6.45, 7) is 0.796. The van der Waals surface area contributed by atoms with E-state index in [0.717, 1.165) is 20.8 Å². The highest BCUT2D eigenvalue weighted by Gasteiger charge is 2.05. The Bertz CT molecular complexity index is 723. The van der Waals surface area contributed by atoms with Crippen molar-refractivity contribution in [2.24, 2.45) is 0 Å². The molecule has 1 nitrogen and oxygen atoms in total. The molecule has 0 atom stereocenters. The number of rotatable bonds is 3. The molecule has 3 rings (SSSR count). The highest BCUT2D eigenvalue weighted by atomic mass is 127. The SMILES string of the molecule is Clc1cc(I)ccc1NCc1csc2ccccc12. The fraction of sp³-hybridized carbons (Fsp3) is 0.0667. The molecule has 96 valence electrons. The molecule has 1 N–H and O–H groups in total. The molecule has 0 bridgehead atoms. The first kappa shape index (κ1) is 13.2. The molecule has 0 aliphatic rings. The van der Waals surface area contributed by atoms with Crippen LogP contribution in [0.2, 0.25) is 5.02 Å². The molecule has 0 amide bonds. The molecule has 0 unspecified atom stereocenters. The average molecular weight is 400 g/mol. The van der Waals surface area contributed by atoms with E-state index >= 15 is 0 Å². The molecule has 2 aromatic carbocycles. The van der Waals surface area contributed by atoms with Crippen LogP contribution in [0.15, 0.2) is 47.8 Å². The molecule has 0 radical (unpaired) electrons. The summed E-state index contributed by atoms with van der Waals surface area (Å²) in [7, 11) is 0. The van der Waals surface area contributed by atoms with Crippen molar-refractivity contribution in [2.75, 3.05) is 5.32 Å². The number of fused-ring (bicyclic) bond motifs is 1. The summed E-state index contributed by atoms with van der Waals surface area (Å²) in [5.74, 6) is 0. The smallest absolute Gasteiger partial charge is 0.0648 e. The van der Waals surface area contributed by atoms with Crippen LogP contribution in [0.1, 0.15) is 5.56 Å². The molecular formula is C15H11ClINS. The minimum Gasteiger partial charge on any atom is -0.380 e. The molecule has 0 saturated heterocycles. The van der Waals surface area contributed by atoms with Gasteiger partial charge in [0.25, 0.3) is 0 Å². The molecule has 0 spiro atoms. The Morgan fingerprint density at radius 2 is 2.00 bits per heavy atom. The van der Waals surface area contributed by atoms with E-state index in [1.54, 1.807) is 11.3 Å². The van der Waals surface area contributed by atoms with E-state index in [1.807, 2.05) is 12.1 Å². The summed E-state index contributed by atoms with van der Waals surface area (Å²) in [6.07, 6.45) is 0. The van der Waals surface area contributed by atoms with Crippen molar-refractivity contribution in [1.29, 1.82) is 0 Å². The second-order valence-corrected chi connectivity index (χ2v) is 6.80. The van der Waals surface area contributed by atoms with Gasteiger partial charge in [0.1, 0.15) is 0 Å². The van der Waals surface area contributed by atoms with E-state index in [9.17, 15) is 0 Å². The van der Waals surface area contributed by atoms with Gasteiger partial charge in [-0.05, 0) is 63.2 Å². The summed E-state index contributed by atoms with van der Waals surface area (Å²) in [4.78, 5) is 0. The Hall–Kier alpha value is -0.780. The normalized spacial score (nSPS) is 10.8. The Kier molecular flexibility index (Phi) is 3.96. The van der Waals surface area contributed by atoms with E-state index < -0.39 is 0 Å². The molecule has 1 aromatic heterocycles. The van der Waals surface area contributed by atoms with Crippen LogP contribution in [-0.4, -0.2) is 0 Å². The van der Waals surface area contributed by atoms with E-state index in [-0.39, 0.29) is 0 Å². The average Bonchev–Trinajstić information content (AvgIpc) is 2.81. The zero-order chi connectivity index (χ0) is 13.2. The Morgan fingerprint density at radius 3 is 2.84 bits per heavy atom. The molecule has 1 heterocycles. The van der Waals surface area contributed by atoms with E-state index in [1.165, 1.54) is 15.6 Å². The number of anilines is 1. The fourth-order valence-corrected chi connectivity index (χ4v) is 3.88. The molecule has 0 aliphatic heterocycles. The van der Waals surface area contributed by atoms with Crippen LogP contribution in [-0.2, 0) is 6.54 Å². The second kappa shape index (κ2) is 5.69. The zero-order valence-electron chi connectivity index (χ0n) is 9.99. The fourth-order valence-electron chi connectivity index (χ4n) is 1.99. The largest absolute Gasteiger partial charge is 0.380 e. The summed E-state index contributed by atoms with van der Waals surface area (Å²) in [5.41, 5.74) is 2.30. The number of halogens is 2. The Labute approximate surface area is 134 Å². The number of nitrogens with one attached hydrogen (secondary N) is 1. The maximum atomic E-state index is 6.22. The third kappa shape index (κ3) is 2.88. The summed E-state index contributed by atoms with van der Waals surface area (Å²) in [6, 6.07) is 14.5. The molecule has 0 fully saturated rings. The Morgan fingerprint density at radius 1 is 1.16 bits per heavy atom. The van der Waals surface area contributed by atoms with Gasteiger partial charge in [-0.1, -0.05) is 29.8 Å². The summed E-state index contributed by atoms with van der Waals surface area (Å²) < 4.78 is 2.47. The predicted octanol–water partition coefficient (Wildman–Crippen LogP) is 5.77. The highest BCUT2D eigenvalue weighted by Crippen LogP contribution is 2.28. The van der Waals surface area contributed by atoms with Crippen LogP contribution in [0.3, 0.4) is 0 Å². The molecule has 0 aliphatic carbocycles. The minimum absolute atomic E-state index is 0.770. The van der Waals surface area contributed by atoms with Crippen molar-refractivity contribution in [2.45, 2.75) is 6.54 Å². The Balaban J connectivity index is 1.82. The van der Waals surface area contributed by atoms with Gasteiger partial charge in [0.2, 0.25) is 0 Å². The molecule has 3 aromatic rings. The van der Waals surface area contributed by atoms with E-state index in [0.29, 0.717) is 0 Å². The first-order valence-electron chi connectivity index (χ1n) is 5.88. The lowest BCUT2D eigenvalue weighted by Gasteiger charge is -2.08. The van der Waals surface area contributed by atoms with Gasteiger partial charge in [0.15, 0.2) is 0 Å². The van der Waals surface area contributed by atoms with Crippen LogP contribution in [0, 0.1) is 3.57 Å². The standard InChI is InChI=1S/C15H11ClINS/c16-13-7-11(17)5-6-14(13)18-8-10-9-19-15-4-2-1-3-12(10)15/h1-7,9,18H,8H2. The van der Waals surface area contributed by atoms with Crippen molar-refractivity contribution < 1.29 is 0 Å². The lowest BCUT2D eigenvalue weighted by molar-refractivity contribution is 1.18. The lowest BCUT2D eigenvalue weighted by atomic mass is 10.2. The third-order valence-corrected chi connectivity index (χ3v) is 4.96. The number of benzene rings is 2. The van der Waals surface area contributed by atoms with E-state index in [2.05, 4.69) is 63.6 Å². The van der Waals surface area contributed by atoms with E-state index in [4.69, 9.17) is 11.6 Å². The van der Waals surface area contributed by atoms with Crippen LogP contribution >= 0.6 is 45.5 Å². The van der Waals surface area contributed by atoms with Crippen molar-refractivity contribution >= 4 is 61.3 Å². The highest BCUT2D eigenvalue weighted by molar-refractivity contribution is 14.1. The third-order valence-electron chi connectivity index (χ3n) is 2.96. The monoisotopic (exact) mass is 399 g/mol. The second-order valence-electron chi connectivity index (χ2n) is 4.23. The lowest BCUT2D eigenvalue weighted by Crippen LogP contribution is -1.99. The maximum absolute atomic E-state index is 6.22. The van der Waals surface area contributed by atoms with Gasteiger partial charge in [-0.15, -0.1) is 11.3 Å².